The Morgan fingerprint density at radius 2 is 2.36 bits per heavy atom. The van der Waals surface area contributed by atoms with Crippen molar-refractivity contribution in [3.05, 3.63) is 0 Å². The summed E-state index contributed by atoms with van der Waals surface area (Å²) in [4.78, 5) is 0. The highest BCUT2D eigenvalue weighted by atomic mass is 16.4. The fourth-order valence-corrected chi connectivity index (χ4v) is 1.86. The summed E-state index contributed by atoms with van der Waals surface area (Å²) >= 11 is 0. The van der Waals surface area contributed by atoms with E-state index in [0.29, 0.717) is 5.92 Å². The van der Waals surface area contributed by atoms with Crippen LogP contribution in [0.4, 0.5) is 0 Å². The SMILES string of the molecule is CCCC1CCCC/C1=N/O. The normalized spacial score (nSPS) is 29.2. The van der Waals surface area contributed by atoms with Crippen LogP contribution in [0, 0.1) is 5.92 Å². The highest BCUT2D eigenvalue weighted by Gasteiger charge is 2.19. The van der Waals surface area contributed by atoms with Gasteiger partial charge in [-0.05, 0) is 25.7 Å². The van der Waals surface area contributed by atoms with Crippen molar-refractivity contribution < 1.29 is 5.21 Å². The molecule has 2 nitrogen and oxygen atoms in total. The lowest BCUT2D eigenvalue weighted by Gasteiger charge is -2.21. The molecule has 0 spiro atoms. The largest absolute Gasteiger partial charge is 0.411 e. The number of oxime groups is 1. The Labute approximate surface area is 68.3 Å². The van der Waals surface area contributed by atoms with Crippen molar-refractivity contribution in [2.75, 3.05) is 0 Å². The van der Waals surface area contributed by atoms with E-state index in [-0.39, 0.29) is 0 Å². The van der Waals surface area contributed by atoms with Crippen LogP contribution in [0.25, 0.3) is 0 Å². The van der Waals surface area contributed by atoms with Crippen molar-refractivity contribution >= 4 is 5.71 Å². The summed E-state index contributed by atoms with van der Waals surface area (Å²) in [7, 11) is 0. The van der Waals surface area contributed by atoms with Crippen LogP contribution in [-0.4, -0.2) is 10.9 Å². The standard InChI is InChI=1S/C9H17NO/c1-2-5-8-6-3-4-7-9(8)10-11/h8,11H,2-7H2,1H3/b10-9-. The Kier molecular flexibility index (Phi) is 3.40. The molecule has 0 amide bonds. The van der Waals surface area contributed by atoms with Crippen LogP contribution in [0.1, 0.15) is 45.4 Å². The van der Waals surface area contributed by atoms with Crippen LogP contribution in [0.5, 0.6) is 0 Å². The van der Waals surface area contributed by atoms with E-state index >= 15 is 0 Å². The van der Waals surface area contributed by atoms with Gasteiger partial charge in [-0.25, -0.2) is 0 Å². The van der Waals surface area contributed by atoms with Crippen LogP contribution >= 0.6 is 0 Å². The lowest BCUT2D eigenvalue weighted by molar-refractivity contribution is 0.307. The number of nitrogens with zero attached hydrogens (tertiary/aromatic N) is 1. The van der Waals surface area contributed by atoms with Gasteiger partial charge >= 0.3 is 0 Å². The third kappa shape index (κ3) is 2.21. The van der Waals surface area contributed by atoms with E-state index in [4.69, 9.17) is 5.21 Å². The molecule has 0 radical (unpaired) electrons. The van der Waals surface area contributed by atoms with E-state index in [1.54, 1.807) is 0 Å². The topological polar surface area (TPSA) is 32.6 Å². The first kappa shape index (κ1) is 8.57. The lowest BCUT2D eigenvalue weighted by atomic mass is 9.84. The number of hydrogen-bond donors (Lipinski definition) is 1. The van der Waals surface area contributed by atoms with E-state index in [2.05, 4.69) is 12.1 Å². The Morgan fingerprint density at radius 3 is 3.00 bits per heavy atom. The summed E-state index contributed by atoms with van der Waals surface area (Å²) in [6.07, 6.45) is 7.15. The molecule has 1 aliphatic carbocycles. The maximum Gasteiger partial charge on any atom is 0.0601 e. The van der Waals surface area contributed by atoms with Gasteiger partial charge in [0, 0.05) is 5.92 Å². The quantitative estimate of drug-likeness (QED) is 0.482. The maximum absolute atomic E-state index is 8.68. The number of hydrogen-bond acceptors (Lipinski definition) is 2. The highest BCUT2D eigenvalue weighted by molar-refractivity contribution is 5.86. The number of rotatable bonds is 2. The molecule has 1 saturated carbocycles. The van der Waals surface area contributed by atoms with Crippen molar-refractivity contribution in [1.82, 2.24) is 0 Å². The van der Waals surface area contributed by atoms with Crippen LogP contribution in [0.3, 0.4) is 0 Å². The van der Waals surface area contributed by atoms with Gasteiger partial charge in [0.2, 0.25) is 0 Å². The van der Waals surface area contributed by atoms with Gasteiger partial charge in [-0.15, -0.1) is 0 Å². The summed E-state index contributed by atoms with van der Waals surface area (Å²) in [6, 6.07) is 0. The average molecular weight is 155 g/mol. The molecule has 1 rings (SSSR count). The Morgan fingerprint density at radius 1 is 1.55 bits per heavy atom. The van der Waals surface area contributed by atoms with Gasteiger partial charge in [0.1, 0.15) is 0 Å². The summed E-state index contributed by atoms with van der Waals surface area (Å²) in [5, 5.41) is 12.0. The van der Waals surface area contributed by atoms with Gasteiger partial charge in [0.05, 0.1) is 5.71 Å². The summed E-state index contributed by atoms with van der Waals surface area (Å²) < 4.78 is 0. The molecule has 64 valence electrons. The fraction of sp³-hybridized carbons (Fsp3) is 0.889. The van der Waals surface area contributed by atoms with Crippen molar-refractivity contribution in [1.29, 1.82) is 0 Å². The molecule has 0 bridgehead atoms. The Hall–Kier alpha value is -0.530. The fourth-order valence-electron chi connectivity index (χ4n) is 1.86. The van der Waals surface area contributed by atoms with Crippen LogP contribution in [-0.2, 0) is 0 Å². The van der Waals surface area contributed by atoms with Crippen LogP contribution in [0.15, 0.2) is 5.16 Å². The Bertz CT molecular complexity index is 140. The van der Waals surface area contributed by atoms with Crippen LogP contribution < -0.4 is 0 Å². The van der Waals surface area contributed by atoms with E-state index in [1.165, 1.54) is 32.1 Å². The Balaban J connectivity index is 2.45. The zero-order chi connectivity index (χ0) is 8.10. The third-order valence-corrected chi connectivity index (χ3v) is 2.47. The molecular weight excluding hydrogens is 138 g/mol. The molecule has 0 saturated heterocycles. The molecule has 1 N–H and O–H groups in total. The minimum Gasteiger partial charge on any atom is -0.411 e. The highest BCUT2D eigenvalue weighted by Crippen LogP contribution is 2.25. The molecular formula is C9H17NO. The molecule has 1 atom stereocenters. The summed E-state index contributed by atoms with van der Waals surface area (Å²) in [5.41, 5.74) is 1.04. The lowest BCUT2D eigenvalue weighted by Crippen LogP contribution is -2.18. The van der Waals surface area contributed by atoms with Gasteiger partial charge in [0.15, 0.2) is 0 Å². The molecule has 1 unspecified atom stereocenters. The summed E-state index contributed by atoms with van der Waals surface area (Å²) in [5.74, 6) is 0.582. The molecule has 0 heterocycles. The second-order valence-corrected chi connectivity index (χ2v) is 3.32. The minimum absolute atomic E-state index is 0.582. The van der Waals surface area contributed by atoms with E-state index in [0.717, 1.165) is 12.1 Å². The molecule has 0 aromatic heterocycles. The first-order valence-electron chi connectivity index (χ1n) is 4.59. The molecule has 0 aliphatic heterocycles. The molecule has 0 aromatic rings. The van der Waals surface area contributed by atoms with Crippen LogP contribution in [0.2, 0.25) is 0 Å². The van der Waals surface area contributed by atoms with E-state index in [9.17, 15) is 0 Å². The van der Waals surface area contributed by atoms with Crippen molar-refractivity contribution in [2.24, 2.45) is 11.1 Å². The zero-order valence-electron chi connectivity index (χ0n) is 7.21. The first-order chi connectivity index (χ1) is 5.38. The third-order valence-electron chi connectivity index (χ3n) is 2.47. The van der Waals surface area contributed by atoms with Gasteiger partial charge in [0.25, 0.3) is 0 Å². The summed E-state index contributed by atoms with van der Waals surface area (Å²) in [6.45, 7) is 2.18. The zero-order valence-corrected chi connectivity index (χ0v) is 7.21. The second kappa shape index (κ2) is 4.37. The van der Waals surface area contributed by atoms with Crippen molar-refractivity contribution in [3.8, 4) is 0 Å². The average Bonchev–Trinajstić information content (AvgIpc) is 2.06. The predicted octanol–water partition coefficient (Wildman–Crippen LogP) is 2.81. The first-order valence-corrected chi connectivity index (χ1v) is 4.59. The predicted molar refractivity (Wildman–Crippen MR) is 46.1 cm³/mol. The molecule has 2 heteroatoms. The minimum atomic E-state index is 0.582. The molecule has 11 heavy (non-hydrogen) atoms. The molecule has 0 aromatic carbocycles. The molecule has 1 fully saturated rings. The van der Waals surface area contributed by atoms with Crippen molar-refractivity contribution in [3.63, 3.8) is 0 Å². The molecule has 1 aliphatic rings. The van der Waals surface area contributed by atoms with Gasteiger partial charge in [-0.2, -0.15) is 0 Å². The van der Waals surface area contributed by atoms with Gasteiger partial charge in [-0.3, -0.25) is 0 Å². The van der Waals surface area contributed by atoms with Gasteiger partial charge in [-0.1, -0.05) is 24.9 Å². The van der Waals surface area contributed by atoms with E-state index < -0.39 is 0 Å². The van der Waals surface area contributed by atoms with Gasteiger partial charge < -0.3 is 5.21 Å². The second-order valence-electron chi connectivity index (χ2n) is 3.32. The maximum atomic E-state index is 8.68. The monoisotopic (exact) mass is 155 g/mol. The van der Waals surface area contributed by atoms with Crippen molar-refractivity contribution in [2.45, 2.75) is 45.4 Å². The van der Waals surface area contributed by atoms with E-state index in [1.807, 2.05) is 0 Å². The smallest absolute Gasteiger partial charge is 0.0601 e.